The molecule has 0 bridgehead atoms. The fourth-order valence-corrected chi connectivity index (χ4v) is 2.87. The second kappa shape index (κ2) is 9.60. The highest BCUT2D eigenvalue weighted by molar-refractivity contribution is 6.04. The number of aryl methyl sites for hydroxylation is 1. The van der Waals surface area contributed by atoms with Gasteiger partial charge >= 0.3 is 0 Å². The van der Waals surface area contributed by atoms with Crippen molar-refractivity contribution in [3.05, 3.63) is 83.9 Å². The van der Waals surface area contributed by atoms with Crippen molar-refractivity contribution in [3.63, 3.8) is 0 Å². The first-order valence-corrected chi connectivity index (χ1v) is 9.55. The van der Waals surface area contributed by atoms with Crippen LogP contribution < -0.4 is 20.1 Å². The van der Waals surface area contributed by atoms with Gasteiger partial charge in [-0.3, -0.25) is 9.59 Å². The van der Waals surface area contributed by atoms with Gasteiger partial charge in [0.15, 0.2) is 17.6 Å². The Morgan fingerprint density at radius 2 is 1.53 bits per heavy atom. The number of benzene rings is 3. The van der Waals surface area contributed by atoms with Gasteiger partial charge in [0.05, 0.1) is 7.11 Å². The molecule has 1 atom stereocenters. The van der Waals surface area contributed by atoms with E-state index in [0.29, 0.717) is 28.4 Å². The van der Waals surface area contributed by atoms with Crippen LogP contribution in [0.1, 0.15) is 22.8 Å². The molecule has 3 rings (SSSR count). The summed E-state index contributed by atoms with van der Waals surface area (Å²) in [5, 5.41) is 5.72. The van der Waals surface area contributed by atoms with Crippen molar-refractivity contribution in [3.8, 4) is 11.5 Å². The molecular weight excluding hydrogens is 380 g/mol. The van der Waals surface area contributed by atoms with E-state index in [1.54, 1.807) is 56.5 Å². The Balaban J connectivity index is 1.63. The number of methoxy groups -OCH3 is 1. The van der Waals surface area contributed by atoms with Crippen molar-refractivity contribution < 1.29 is 19.1 Å². The summed E-state index contributed by atoms with van der Waals surface area (Å²) in [7, 11) is 1.55. The normalized spacial score (nSPS) is 11.3. The van der Waals surface area contributed by atoms with Gasteiger partial charge in [-0.25, -0.2) is 0 Å². The van der Waals surface area contributed by atoms with E-state index in [1.165, 1.54) is 0 Å². The maximum atomic E-state index is 12.5. The molecule has 3 aromatic rings. The van der Waals surface area contributed by atoms with Crippen LogP contribution in [0.4, 0.5) is 11.4 Å². The third kappa shape index (κ3) is 5.17. The second-order valence-electron chi connectivity index (χ2n) is 6.75. The number of ether oxygens (including phenoxy) is 2. The third-order valence-corrected chi connectivity index (χ3v) is 4.52. The molecule has 2 N–H and O–H groups in total. The van der Waals surface area contributed by atoms with E-state index in [4.69, 9.17) is 9.47 Å². The minimum Gasteiger partial charge on any atom is -0.493 e. The van der Waals surface area contributed by atoms with Crippen molar-refractivity contribution in [2.75, 3.05) is 17.7 Å². The van der Waals surface area contributed by atoms with Crippen LogP contribution in [-0.4, -0.2) is 25.0 Å². The molecule has 6 nitrogen and oxygen atoms in total. The van der Waals surface area contributed by atoms with E-state index in [2.05, 4.69) is 10.6 Å². The number of hydrogen-bond donors (Lipinski definition) is 2. The second-order valence-corrected chi connectivity index (χ2v) is 6.75. The molecule has 154 valence electrons. The fourth-order valence-electron chi connectivity index (χ4n) is 2.87. The Morgan fingerprint density at radius 3 is 2.20 bits per heavy atom. The van der Waals surface area contributed by atoms with Gasteiger partial charge in [0, 0.05) is 16.9 Å². The van der Waals surface area contributed by atoms with E-state index in [9.17, 15) is 9.59 Å². The van der Waals surface area contributed by atoms with Gasteiger partial charge in [0.25, 0.3) is 11.8 Å². The highest BCUT2D eigenvalue weighted by atomic mass is 16.5. The molecule has 6 heteroatoms. The smallest absolute Gasteiger partial charge is 0.265 e. The number of para-hydroxylation sites is 2. The molecule has 0 spiro atoms. The molecule has 0 aliphatic rings. The molecule has 0 saturated carbocycles. The van der Waals surface area contributed by atoms with Crippen LogP contribution in [0.3, 0.4) is 0 Å². The lowest BCUT2D eigenvalue weighted by atomic mass is 10.1. The highest BCUT2D eigenvalue weighted by Crippen LogP contribution is 2.27. The molecule has 3 aromatic carbocycles. The number of carbonyl (C=O) groups is 2. The van der Waals surface area contributed by atoms with Crippen LogP contribution in [0.5, 0.6) is 11.5 Å². The molecule has 30 heavy (non-hydrogen) atoms. The standard InChI is InChI=1S/C24H24N2O4/c1-16-15-19(13-14-20(16)26-24(28)18-9-5-4-6-10-18)25-23(27)17(2)30-22-12-8-7-11-21(22)29-3/h4-15,17H,1-3H3,(H,25,27)(H,26,28). The third-order valence-electron chi connectivity index (χ3n) is 4.52. The summed E-state index contributed by atoms with van der Waals surface area (Å²) in [6.07, 6.45) is -0.723. The lowest BCUT2D eigenvalue weighted by Crippen LogP contribution is -2.30. The largest absolute Gasteiger partial charge is 0.493 e. The lowest BCUT2D eigenvalue weighted by Gasteiger charge is -2.17. The topological polar surface area (TPSA) is 76.7 Å². The molecule has 0 heterocycles. The molecule has 0 radical (unpaired) electrons. The van der Waals surface area contributed by atoms with Crippen molar-refractivity contribution in [2.24, 2.45) is 0 Å². The van der Waals surface area contributed by atoms with Crippen LogP contribution in [0.15, 0.2) is 72.8 Å². The number of amides is 2. The lowest BCUT2D eigenvalue weighted by molar-refractivity contribution is -0.122. The summed E-state index contributed by atoms with van der Waals surface area (Å²) in [6, 6.07) is 21.5. The van der Waals surface area contributed by atoms with Gasteiger partial charge in [-0.05, 0) is 61.9 Å². The van der Waals surface area contributed by atoms with E-state index >= 15 is 0 Å². The molecular formula is C24H24N2O4. The average Bonchev–Trinajstić information content (AvgIpc) is 2.76. The zero-order chi connectivity index (χ0) is 21.5. The van der Waals surface area contributed by atoms with Crippen LogP contribution in [0.25, 0.3) is 0 Å². The highest BCUT2D eigenvalue weighted by Gasteiger charge is 2.17. The van der Waals surface area contributed by atoms with E-state index < -0.39 is 6.10 Å². The Morgan fingerprint density at radius 1 is 0.867 bits per heavy atom. The number of anilines is 2. The zero-order valence-corrected chi connectivity index (χ0v) is 17.1. The SMILES string of the molecule is COc1ccccc1OC(C)C(=O)Nc1ccc(NC(=O)c2ccccc2)c(C)c1. The Labute approximate surface area is 175 Å². The Kier molecular flexibility index (Phi) is 6.70. The first-order chi connectivity index (χ1) is 14.5. The predicted octanol–water partition coefficient (Wildman–Crippen LogP) is 4.66. The van der Waals surface area contributed by atoms with Gasteiger partial charge in [-0.2, -0.15) is 0 Å². The minimum absolute atomic E-state index is 0.186. The monoisotopic (exact) mass is 404 g/mol. The molecule has 0 aliphatic heterocycles. The number of rotatable bonds is 7. The van der Waals surface area contributed by atoms with Crippen LogP contribution in [0.2, 0.25) is 0 Å². The maximum absolute atomic E-state index is 12.5. The van der Waals surface area contributed by atoms with Gasteiger partial charge in [-0.1, -0.05) is 30.3 Å². The first-order valence-electron chi connectivity index (χ1n) is 9.55. The molecule has 1 unspecified atom stereocenters. The number of nitrogens with one attached hydrogen (secondary N) is 2. The molecule has 0 fully saturated rings. The number of carbonyl (C=O) groups excluding carboxylic acids is 2. The predicted molar refractivity (Wildman–Crippen MR) is 117 cm³/mol. The van der Waals surface area contributed by atoms with Crippen molar-refractivity contribution >= 4 is 23.2 Å². The van der Waals surface area contributed by atoms with Crippen LogP contribution in [-0.2, 0) is 4.79 Å². The average molecular weight is 404 g/mol. The zero-order valence-electron chi connectivity index (χ0n) is 17.1. The Hall–Kier alpha value is -3.80. The van der Waals surface area contributed by atoms with Crippen LogP contribution in [0, 0.1) is 6.92 Å². The van der Waals surface area contributed by atoms with Crippen molar-refractivity contribution in [2.45, 2.75) is 20.0 Å². The molecule has 0 aliphatic carbocycles. The quantitative estimate of drug-likeness (QED) is 0.600. The summed E-state index contributed by atoms with van der Waals surface area (Å²) in [6.45, 7) is 3.54. The Bertz CT molecular complexity index is 1030. The summed E-state index contributed by atoms with van der Waals surface area (Å²) < 4.78 is 11.0. The molecule has 0 aromatic heterocycles. The molecule has 2 amide bonds. The first kappa shape index (κ1) is 20.9. The number of hydrogen-bond acceptors (Lipinski definition) is 4. The summed E-state index contributed by atoms with van der Waals surface area (Å²) in [5.74, 6) is 0.583. The van der Waals surface area contributed by atoms with Crippen molar-refractivity contribution in [1.82, 2.24) is 0 Å². The fraction of sp³-hybridized carbons (Fsp3) is 0.167. The van der Waals surface area contributed by atoms with E-state index in [0.717, 1.165) is 5.56 Å². The van der Waals surface area contributed by atoms with Gasteiger partial charge in [-0.15, -0.1) is 0 Å². The van der Waals surface area contributed by atoms with E-state index in [1.807, 2.05) is 37.3 Å². The molecule has 0 saturated heterocycles. The van der Waals surface area contributed by atoms with E-state index in [-0.39, 0.29) is 11.8 Å². The summed E-state index contributed by atoms with van der Waals surface area (Å²) in [4.78, 5) is 24.9. The maximum Gasteiger partial charge on any atom is 0.265 e. The van der Waals surface area contributed by atoms with Gasteiger partial charge in [0.1, 0.15) is 0 Å². The van der Waals surface area contributed by atoms with Gasteiger partial charge < -0.3 is 20.1 Å². The van der Waals surface area contributed by atoms with Gasteiger partial charge in [0.2, 0.25) is 0 Å². The van der Waals surface area contributed by atoms with Crippen LogP contribution >= 0.6 is 0 Å². The van der Waals surface area contributed by atoms with Crippen molar-refractivity contribution in [1.29, 1.82) is 0 Å². The minimum atomic E-state index is -0.723. The summed E-state index contributed by atoms with van der Waals surface area (Å²) >= 11 is 0. The summed E-state index contributed by atoms with van der Waals surface area (Å²) in [5.41, 5.74) is 2.71.